The number of nitrogens with zero attached hydrogens (tertiary/aromatic N) is 5. The van der Waals surface area contributed by atoms with Gasteiger partial charge in [0, 0.05) is 55.7 Å². The monoisotopic (exact) mass is 427 g/mol. The SMILES string of the molecule is Cc1cn2cc(C3=Cc4ccc(N5CCN6CCC[C@H]6C5)cc4C(=O)CC3)nc2c(C)n1. The van der Waals surface area contributed by atoms with E-state index in [4.69, 9.17) is 4.98 Å². The summed E-state index contributed by atoms with van der Waals surface area (Å²) in [6.45, 7) is 8.47. The van der Waals surface area contributed by atoms with E-state index in [-0.39, 0.29) is 5.78 Å². The molecule has 6 nitrogen and oxygen atoms in total. The molecule has 0 amide bonds. The zero-order valence-electron chi connectivity index (χ0n) is 18.8. The van der Waals surface area contributed by atoms with E-state index in [1.165, 1.54) is 25.1 Å². The van der Waals surface area contributed by atoms with Crippen LogP contribution in [0.4, 0.5) is 5.69 Å². The highest BCUT2D eigenvalue weighted by molar-refractivity contribution is 6.04. The summed E-state index contributed by atoms with van der Waals surface area (Å²) in [4.78, 5) is 27.5. The van der Waals surface area contributed by atoms with Crippen molar-refractivity contribution >= 4 is 28.8 Å². The number of imidazole rings is 1. The normalized spacial score (nSPS) is 21.4. The summed E-state index contributed by atoms with van der Waals surface area (Å²) < 4.78 is 2.05. The molecule has 32 heavy (non-hydrogen) atoms. The first-order valence-corrected chi connectivity index (χ1v) is 11.8. The van der Waals surface area contributed by atoms with Gasteiger partial charge in [0.1, 0.15) is 0 Å². The Morgan fingerprint density at radius 3 is 2.84 bits per heavy atom. The lowest BCUT2D eigenvalue weighted by molar-refractivity contribution is 0.0984. The first kappa shape index (κ1) is 19.7. The number of anilines is 1. The van der Waals surface area contributed by atoms with Gasteiger partial charge in [-0.25, -0.2) is 4.98 Å². The second-order valence-corrected chi connectivity index (χ2v) is 9.47. The molecule has 0 N–H and O–H groups in total. The molecule has 2 aromatic heterocycles. The molecule has 1 atom stereocenters. The van der Waals surface area contributed by atoms with Crippen LogP contribution in [0.3, 0.4) is 0 Å². The minimum Gasteiger partial charge on any atom is -0.369 e. The van der Waals surface area contributed by atoms with Crippen molar-refractivity contribution in [2.75, 3.05) is 31.1 Å². The third-order valence-electron chi connectivity index (χ3n) is 7.30. The predicted octanol–water partition coefficient (Wildman–Crippen LogP) is 4.15. The second kappa shape index (κ2) is 7.55. The lowest BCUT2D eigenvalue weighted by Crippen LogP contribution is -2.50. The van der Waals surface area contributed by atoms with Gasteiger partial charge < -0.3 is 9.30 Å². The molecule has 6 rings (SSSR count). The summed E-state index contributed by atoms with van der Waals surface area (Å²) in [6, 6.07) is 7.11. The first-order chi connectivity index (χ1) is 15.5. The molecule has 164 valence electrons. The van der Waals surface area contributed by atoms with Gasteiger partial charge in [0.05, 0.1) is 17.1 Å². The number of hydrogen-bond acceptors (Lipinski definition) is 5. The smallest absolute Gasteiger partial charge is 0.163 e. The highest BCUT2D eigenvalue weighted by atomic mass is 16.1. The van der Waals surface area contributed by atoms with Crippen LogP contribution in [0.1, 0.15) is 58.7 Å². The van der Waals surface area contributed by atoms with Crippen molar-refractivity contribution < 1.29 is 4.79 Å². The summed E-state index contributed by atoms with van der Waals surface area (Å²) in [7, 11) is 0. The Balaban J connectivity index is 1.34. The Bertz CT molecular complexity index is 1260. The van der Waals surface area contributed by atoms with Gasteiger partial charge >= 0.3 is 0 Å². The molecule has 0 saturated carbocycles. The molecule has 6 heteroatoms. The number of carbonyl (C=O) groups excluding carboxylic acids is 1. The average molecular weight is 428 g/mol. The van der Waals surface area contributed by atoms with E-state index >= 15 is 0 Å². The quantitative estimate of drug-likeness (QED) is 0.615. The van der Waals surface area contributed by atoms with Crippen molar-refractivity contribution in [3.05, 3.63) is 58.8 Å². The maximum absolute atomic E-state index is 13.1. The van der Waals surface area contributed by atoms with Gasteiger partial charge in [-0.3, -0.25) is 14.7 Å². The minimum absolute atomic E-state index is 0.227. The number of rotatable bonds is 2. The van der Waals surface area contributed by atoms with Gasteiger partial charge in [0.15, 0.2) is 11.4 Å². The molecule has 0 unspecified atom stereocenters. The Morgan fingerprint density at radius 2 is 1.94 bits per heavy atom. The summed E-state index contributed by atoms with van der Waals surface area (Å²) in [5, 5.41) is 0. The van der Waals surface area contributed by atoms with Gasteiger partial charge in [-0.15, -0.1) is 0 Å². The van der Waals surface area contributed by atoms with E-state index in [1.807, 2.05) is 24.4 Å². The van der Waals surface area contributed by atoms with Crippen LogP contribution >= 0.6 is 0 Å². The molecular weight excluding hydrogens is 398 g/mol. The number of Topliss-reactive ketones (excluding diaryl/α,β-unsaturated/α-hetero) is 1. The van der Waals surface area contributed by atoms with Crippen LogP contribution in [-0.2, 0) is 0 Å². The lowest BCUT2D eigenvalue weighted by atomic mass is 10.0. The lowest BCUT2D eigenvalue weighted by Gasteiger charge is -2.39. The fraction of sp³-hybridized carbons (Fsp3) is 0.423. The molecule has 3 aromatic rings. The maximum atomic E-state index is 13.1. The van der Waals surface area contributed by atoms with Crippen LogP contribution in [0, 0.1) is 13.8 Å². The number of fused-ring (bicyclic) bond motifs is 3. The summed E-state index contributed by atoms with van der Waals surface area (Å²) in [5.41, 5.74) is 7.87. The number of benzene rings is 1. The Hall–Kier alpha value is -2.99. The van der Waals surface area contributed by atoms with Crippen molar-refractivity contribution in [2.45, 2.75) is 45.6 Å². The summed E-state index contributed by atoms with van der Waals surface area (Å²) in [5.74, 6) is 0.227. The molecule has 0 spiro atoms. The van der Waals surface area contributed by atoms with E-state index in [2.05, 4.69) is 45.3 Å². The average Bonchev–Trinajstić information content (AvgIpc) is 3.39. The van der Waals surface area contributed by atoms with E-state index in [9.17, 15) is 4.79 Å². The molecule has 1 aromatic carbocycles. The zero-order valence-corrected chi connectivity index (χ0v) is 18.8. The number of allylic oxidation sites excluding steroid dienone is 1. The molecule has 2 fully saturated rings. The third-order valence-corrected chi connectivity index (χ3v) is 7.30. The second-order valence-electron chi connectivity index (χ2n) is 9.47. The Labute approximate surface area is 188 Å². The highest BCUT2D eigenvalue weighted by Crippen LogP contribution is 2.33. The fourth-order valence-electron chi connectivity index (χ4n) is 5.64. The largest absolute Gasteiger partial charge is 0.369 e. The third kappa shape index (κ3) is 3.34. The molecule has 2 saturated heterocycles. The van der Waals surface area contributed by atoms with Crippen LogP contribution in [0.25, 0.3) is 17.3 Å². The standard InChI is InChI=1S/C26H29N5O/c1-17-14-31-16-24(28-26(31)18(2)27-17)20-6-8-25(32)23-13-21(7-5-19(23)12-20)30-11-10-29-9-3-4-22(29)15-30/h5,7,12-14,16,22H,3-4,6,8-11,15H2,1-2H3/t22-/m0/s1. The van der Waals surface area contributed by atoms with Crippen molar-refractivity contribution in [3.8, 4) is 0 Å². The van der Waals surface area contributed by atoms with E-state index in [0.29, 0.717) is 18.9 Å². The predicted molar refractivity (Wildman–Crippen MR) is 127 cm³/mol. The van der Waals surface area contributed by atoms with E-state index in [1.54, 1.807) is 0 Å². The number of piperazine rings is 1. The number of aromatic nitrogens is 3. The van der Waals surface area contributed by atoms with E-state index in [0.717, 1.165) is 59.1 Å². The Kier molecular flexibility index (Phi) is 4.65. The maximum Gasteiger partial charge on any atom is 0.163 e. The molecular formula is C26H29N5O. The molecule has 1 aliphatic carbocycles. The molecule has 0 bridgehead atoms. The highest BCUT2D eigenvalue weighted by Gasteiger charge is 2.31. The van der Waals surface area contributed by atoms with Gasteiger partial charge in [-0.05, 0) is 69.0 Å². The van der Waals surface area contributed by atoms with Gasteiger partial charge in [0.25, 0.3) is 0 Å². The van der Waals surface area contributed by atoms with Crippen LogP contribution in [0.2, 0.25) is 0 Å². The fourth-order valence-corrected chi connectivity index (χ4v) is 5.64. The van der Waals surface area contributed by atoms with Crippen LogP contribution in [0.5, 0.6) is 0 Å². The van der Waals surface area contributed by atoms with Crippen molar-refractivity contribution in [1.82, 2.24) is 19.3 Å². The van der Waals surface area contributed by atoms with Crippen molar-refractivity contribution in [3.63, 3.8) is 0 Å². The van der Waals surface area contributed by atoms with Gasteiger partial charge in [-0.2, -0.15) is 0 Å². The summed E-state index contributed by atoms with van der Waals surface area (Å²) >= 11 is 0. The zero-order chi connectivity index (χ0) is 21.8. The number of hydrogen-bond donors (Lipinski definition) is 0. The molecule has 0 radical (unpaired) electrons. The van der Waals surface area contributed by atoms with Crippen molar-refractivity contribution in [2.24, 2.45) is 0 Å². The van der Waals surface area contributed by atoms with E-state index < -0.39 is 0 Å². The minimum atomic E-state index is 0.227. The summed E-state index contributed by atoms with van der Waals surface area (Å²) in [6.07, 6.45) is 10.1. The van der Waals surface area contributed by atoms with Crippen LogP contribution in [-0.4, -0.2) is 57.3 Å². The van der Waals surface area contributed by atoms with Crippen LogP contribution in [0.15, 0.2) is 30.6 Å². The number of carbonyl (C=O) groups is 1. The molecule has 4 heterocycles. The number of aryl methyl sites for hydroxylation is 2. The first-order valence-electron chi connectivity index (χ1n) is 11.8. The molecule has 2 aliphatic heterocycles. The Morgan fingerprint density at radius 1 is 1.03 bits per heavy atom. The number of ketones is 1. The van der Waals surface area contributed by atoms with Crippen molar-refractivity contribution in [1.29, 1.82) is 0 Å². The van der Waals surface area contributed by atoms with Gasteiger partial charge in [-0.1, -0.05) is 6.07 Å². The molecule has 3 aliphatic rings. The topological polar surface area (TPSA) is 53.7 Å². The van der Waals surface area contributed by atoms with Crippen LogP contribution < -0.4 is 4.90 Å². The van der Waals surface area contributed by atoms with Gasteiger partial charge in [0.2, 0.25) is 0 Å².